The van der Waals surface area contributed by atoms with Gasteiger partial charge in [0.1, 0.15) is 0 Å². The van der Waals surface area contributed by atoms with Gasteiger partial charge in [0.05, 0.1) is 18.1 Å². The van der Waals surface area contributed by atoms with E-state index in [0.29, 0.717) is 6.54 Å². The van der Waals surface area contributed by atoms with E-state index < -0.39 is 11.9 Å². The predicted molar refractivity (Wildman–Crippen MR) is 75.6 cm³/mol. The third-order valence-electron chi connectivity index (χ3n) is 4.31. The number of nitrogens with zero attached hydrogens (tertiary/aromatic N) is 1. The fraction of sp³-hybridized carbons (Fsp3) is 0.500. The number of carboxylic acid groups (broad SMARTS) is 1. The number of aliphatic carboxylic acids is 1. The molecular weight excluding hydrogens is 270 g/mol. The molecule has 0 radical (unpaired) electrons. The zero-order valence-corrected chi connectivity index (χ0v) is 11.8. The number of ether oxygens (including phenoxy) is 1. The Balaban J connectivity index is 1.87. The average Bonchev–Trinajstić information content (AvgIpc) is 3.09. The fourth-order valence-electron chi connectivity index (χ4n) is 3.30. The zero-order chi connectivity index (χ0) is 14.8. The lowest BCUT2D eigenvalue weighted by atomic mass is 9.93. The van der Waals surface area contributed by atoms with Gasteiger partial charge in [-0.05, 0) is 18.4 Å². The zero-order valence-electron chi connectivity index (χ0n) is 11.8. The SMILES string of the molecule is O=C(O)[C@@H]1CC(=O)N(C[C@@H]2CCCO2)[C@H]1c1ccccc1. The molecule has 2 fully saturated rings. The average molecular weight is 289 g/mol. The number of rotatable bonds is 4. The summed E-state index contributed by atoms with van der Waals surface area (Å²) in [4.78, 5) is 25.5. The topological polar surface area (TPSA) is 66.8 Å². The minimum Gasteiger partial charge on any atom is -0.481 e. The van der Waals surface area contributed by atoms with E-state index in [1.54, 1.807) is 4.90 Å². The van der Waals surface area contributed by atoms with Crippen LogP contribution in [0.25, 0.3) is 0 Å². The molecule has 0 saturated carbocycles. The van der Waals surface area contributed by atoms with E-state index in [4.69, 9.17) is 4.74 Å². The minimum atomic E-state index is -0.910. The van der Waals surface area contributed by atoms with Gasteiger partial charge in [-0.1, -0.05) is 30.3 Å². The summed E-state index contributed by atoms with van der Waals surface area (Å²) in [5, 5.41) is 9.43. The lowest BCUT2D eigenvalue weighted by Gasteiger charge is -2.29. The smallest absolute Gasteiger partial charge is 0.309 e. The first kappa shape index (κ1) is 14.1. The molecule has 0 unspecified atom stereocenters. The van der Waals surface area contributed by atoms with E-state index >= 15 is 0 Å². The molecule has 1 aromatic carbocycles. The lowest BCUT2D eigenvalue weighted by molar-refractivity contribution is -0.142. The van der Waals surface area contributed by atoms with Crippen LogP contribution < -0.4 is 0 Å². The number of amides is 1. The van der Waals surface area contributed by atoms with Gasteiger partial charge in [-0.25, -0.2) is 0 Å². The molecule has 5 heteroatoms. The van der Waals surface area contributed by atoms with Crippen molar-refractivity contribution in [3.63, 3.8) is 0 Å². The molecule has 112 valence electrons. The van der Waals surface area contributed by atoms with Crippen molar-refractivity contribution in [2.24, 2.45) is 5.92 Å². The number of carbonyl (C=O) groups is 2. The van der Waals surface area contributed by atoms with Crippen molar-refractivity contribution in [1.82, 2.24) is 4.90 Å². The van der Waals surface area contributed by atoms with Gasteiger partial charge in [0.2, 0.25) is 5.91 Å². The maximum atomic E-state index is 12.3. The van der Waals surface area contributed by atoms with Gasteiger partial charge in [-0.2, -0.15) is 0 Å². The second-order valence-electron chi connectivity index (χ2n) is 5.69. The quantitative estimate of drug-likeness (QED) is 0.918. The van der Waals surface area contributed by atoms with Crippen LogP contribution in [-0.2, 0) is 14.3 Å². The summed E-state index contributed by atoms with van der Waals surface area (Å²) in [5.41, 5.74) is 0.883. The van der Waals surface area contributed by atoms with Crippen molar-refractivity contribution in [3.8, 4) is 0 Å². The van der Waals surface area contributed by atoms with Crippen LogP contribution in [0.2, 0.25) is 0 Å². The minimum absolute atomic E-state index is 0.0349. The molecule has 0 spiro atoms. The number of likely N-dealkylation sites (tertiary alicyclic amines) is 1. The Morgan fingerprint density at radius 2 is 2.10 bits per heavy atom. The highest BCUT2D eigenvalue weighted by Crippen LogP contribution is 2.38. The molecule has 5 nitrogen and oxygen atoms in total. The van der Waals surface area contributed by atoms with Gasteiger partial charge >= 0.3 is 5.97 Å². The van der Waals surface area contributed by atoms with Crippen LogP contribution in [0.5, 0.6) is 0 Å². The molecule has 2 aliphatic heterocycles. The van der Waals surface area contributed by atoms with Crippen LogP contribution in [0.1, 0.15) is 30.9 Å². The summed E-state index contributed by atoms with van der Waals surface area (Å²) in [6, 6.07) is 9.03. The van der Waals surface area contributed by atoms with Gasteiger partial charge in [0, 0.05) is 19.6 Å². The summed E-state index contributed by atoms with van der Waals surface area (Å²) in [5.74, 6) is -1.68. The van der Waals surface area contributed by atoms with E-state index in [1.807, 2.05) is 30.3 Å². The van der Waals surface area contributed by atoms with Crippen LogP contribution in [-0.4, -0.2) is 41.1 Å². The summed E-state index contributed by atoms with van der Waals surface area (Å²) >= 11 is 0. The number of benzene rings is 1. The second-order valence-corrected chi connectivity index (χ2v) is 5.69. The van der Waals surface area contributed by atoms with E-state index in [9.17, 15) is 14.7 Å². The number of carbonyl (C=O) groups excluding carboxylic acids is 1. The Labute approximate surface area is 123 Å². The Morgan fingerprint density at radius 1 is 1.33 bits per heavy atom. The van der Waals surface area contributed by atoms with Gasteiger partial charge < -0.3 is 14.7 Å². The number of hydrogen-bond donors (Lipinski definition) is 1. The van der Waals surface area contributed by atoms with Crippen LogP contribution in [0.4, 0.5) is 0 Å². The highest BCUT2D eigenvalue weighted by atomic mass is 16.5. The molecule has 2 saturated heterocycles. The van der Waals surface area contributed by atoms with Crippen molar-refractivity contribution in [1.29, 1.82) is 0 Å². The second kappa shape index (κ2) is 5.85. The molecule has 1 aromatic rings. The summed E-state index contributed by atoms with van der Waals surface area (Å²) in [6.07, 6.45) is 2.04. The van der Waals surface area contributed by atoms with Gasteiger partial charge in [0.15, 0.2) is 0 Å². The third-order valence-corrected chi connectivity index (χ3v) is 4.31. The van der Waals surface area contributed by atoms with Crippen molar-refractivity contribution in [2.45, 2.75) is 31.4 Å². The number of carboxylic acids is 1. The molecule has 21 heavy (non-hydrogen) atoms. The fourth-order valence-corrected chi connectivity index (χ4v) is 3.30. The van der Waals surface area contributed by atoms with Crippen LogP contribution >= 0.6 is 0 Å². The first-order valence-electron chi connectivity index (χ1n) is 7.35. The van der Waals surface area contributed by atoms with Crippen LogP contribution in [0.3, 0.4) is 0 Å². The van der Waals surface area contributed by atoms with Crippen LogP contribution in [0, 0.1) is 5.92 Å². The molecule has 0 aromatic heterocycles. The molecule has 1 N–H and O–H groups in total. The first-order chi connectivity index (χ1) is 10.2. The van der Waals surface area contributed by atoms with Crippen molar-refractivity contribution >= 4 is 11.9 Å². The molecule has 1 amide bonds. The number of hydrogen-bond acceptors (Lipinski definition) is 3. The van der Waals surface area contributed by atoms with Crippen molar-refractivity contribution in [3.05, 3.63) is 35.9 Å². The van der Waals surface area contributed by atoms with E-state index in [0.717, 1.165) is 25.0 Å². The van der Waals surface area contributed by atoms with Crippen molar-refractivity contribution in [2.75, 3.05) is 13.2 Å². The highest BCUT2D eigenvalue weighted by Gasteiger charge is 2.45. The Hall–Kier alpha value is -1.88. The van der Waals surface area contributed by atoms with Crippen molar-refractivity contribution < 1.29 is 19.4 Å². The molecule has 3 atom stereocenters. The predicted octanol–water partition coefficient (Wildman–Crippen LogP) is 1.84. The molecule has 3 rings (SSSR count). The molecule has 2 aliphatic rings. The normalized spacial score (nSPS) is 29.0. The molecular formula is C16H19NO4. The van der Waals surface area contributed by atoms with Gasteiger partial charge in [-0.15, -0.1) is 0 Å². The molecule has 0 aliphatic carbocycles. The maximum absolute atomic E-state index is 12.3. The highest BCUT2D eigenvalue weighted by molar-refractivity contribution is 5.87. The summed E-state index contributed by atoms with van der Waals surface area (Å²) < 4.78 is 5.60. The van der Waals surface area contributed by atoms with Gasteiger partial charge in [-0.3, -0.25) is 9.59 Å². The monoisotopic (exact) mass is 289 g/mol. The Bertz CT molecular complexity index is 524. The lowest BCUT2D eigenvalue weighted by Crippen LogP contribution is -2.36. The molecule has 0 bridgehead atoms. The summed E-state index contributed by atoms with van der Waals surface area (Å²) in [7, 11) is 0. The van der Waals surface area contributed by atoms with E-state index in [-0.39, 0.29) is 24.5 Å². The van der Waals surface area contributed by atoms with E-state index in [1.165, 1.54) is 0 Å². The van der Waals surface area contributed by atoms with E-state index in [2.05, 4.69) is 0 Å². The third kappa shape index (κ3) is 2.78. The van der Waals surface area contributed by atoms with Gasteiger partial charge in [0.25, 0.3) is 0 Å². The Morgan fingerprint density at radius 3 is 2.71 bits per heavy atom. The van der Waals surface area contributed by atoms with Crippen LogP contribution in [0.15, 0.2) is 30.3 Å². The Kier molecular flexibility index (Phi) is 3.92. The molecule has 2 heterocycles. The maximum Gasteiger partial charge on any atom is 0.309 e. The standard InChI is InChI=1S/C16H19NO4/c18-14-9-13(16(19)20)15(11-5-2-1-3-6-11)17(14)10-12-7-4-8-21-12/h1-3,5-6,12-13,15H,4,7-10H2,(H,19,20)/t12-,13+,15-/m0/s1. The first-order valence-corrected chi connectivity index (χ1v) is 7.35. The summed E-state index contributed by atoms with van der Waals surface area (Å²) in [6.45, 7) is 1.22. The largest absolute Gasteiger partial charge is 0.481 e.